The van der Waals surface area contributed by atoms with E-state index < -0.39 is 10.0 Å². The van der Waals surface area contributed by atoms with E-state index in [1.807, 2.05) is 30.3 Å². The van der Waals surface area contributed by atoms with Crippen molar-refractivity contribution in [2.24, 2.45) is 0 Å². The van der Waals surface area contributed by atoms with Crippen molar-refractivity contribution in [2.75, 3.05) is 6.54 Å². The fraction of sp³-hybridized carbons (Fsp3) is 0.429. The van der Waals surface area contributed by atoms with E-state index in [-0.39, 0.29) is 6.04 Å². The van der Waals surface area contributed by atoms with Crippen LogP contribution in [0.4, 0.5) is 0 Å². The third-order valence-corrected chi connectivity index (χ3v) is 7.87. The standard InChI is InChI=1S/C21H24N4O2S/c26-28(27,18-12-11-16-7-3-4-8-17(16)15-18)25-14-6-9-19(25)21-23-22-20-10-2-1-5-13-24(20)21/h3-4,7-8,11-12,15,19H,1-2,5-6,9-10,13-14H2. The van der Waals surface area contributed by atoms with Gasteiger partial charge in [0, 0.05) is 19.5 Å². The summed E-state index contributed by atoms with van der Waals surface area (Å²) < 4.78 is 30.8. The molecule has 28 heavy (non-hydrogen) atoms. The molecule has 0 spiro atoms. The summed E-state index contributed by atoms with van der Waals surface area (Å²) in [4.78, 5) is 0.355. The minimum atomic E-state index is -3.59. The van der Waals surface area contributed by atoms with Crippen LogP contribution in [0.1, 0.15) is 49.8 Å². The highest BCUT2D eigenvalue weighted by molar-refractivity contribution is 7.89. The zero-order chi connectivity index (χ0) is 19.1. The van der Waals surface area contributed by atoms with Crippen LogP contribution >= 0.6 is 0 Å². The lowest BCUT2D eigenvalue weighted by Crippen LogP contribution is -2.32. The van der Waals surface area contributed by atoms with Gasteiger partial charge < -0.3 is 4.57 Å². The van der Waals surface area contributed by atoms with Crippen molar-refractivity contribution in [1.29, 1.82) is 0 Å². The molecule has 0 aliphatic carbocycles. The molecule has 5 rings (SSSR count). The summed E-state index contributed by atoms with van der Waals surface area (Å²) in [6, 6.07) is 13.0. The van der Waals surface area contributed by atoms with Crippen LogP contribution < -0.4 is 0 Å². The normalized spacial score (nSPS) is 20.9. The molecule has 2 aromatic carbocycles. The number of sulfonamides is 1. The summed E-state index contributed by atoms with van der Waals surface area (Å²) in [5, 5.41) is 10.8. The molecule has 3 aromatic rings. The van der Waals surface area contributed by atoms with E-state index in [0.29, 0.717) is 11.4 Å². The lowest BCUT2D eigenvalue weighted by atomic mass is 10.1. The average Bonchev–Trinajstić information content (AvgIpc) is 3.29. The predicted octanol–water partition coefficient (Wildman–Crippen LogP) is 3.68. The van der Waals surface area contributed by atoms with Crippen molar-refractivity contribution < 1.29 is 8.42 Å². The van der Waals surface area contributed by atoms with Gasteiger partial charge in [-0.2, -0.15) is 4.31 Å². The molecule has 2 aliphatic heterocycles. The molecule has 1 atom stereocenters. The fourth-order valence-corrected chi connectivity index (χ4v) is 6.19. The highest BCUT2D eigenvalue weighted by Crippen LogP contribution is 2.37. The summed E-state index contributed by atoms with van der Waals surface area (Å²) in [6.07, 6.45) is 5.98. The van der Waals surface area contributed by atoms with Crippen LogP contribution in [-0.4, -0.2) is 34.0 Å². The van der Waals surface area contributed by atoms with Gasteiger partial charge in [-0.25, -0.2) is 8.42 Å². The maximum absolute atomic E-state index is 13.5. The maximum atomic E-state index is 13.5. The van der Waals surface area contributed by atoms with Crippen LogP contribution in [0.15, 0.2) is 47.4 Å². The van der Waals surface area contributed by atoms with Crippen LogP contribution in [0.3, 0.4) is 0 Å². The maximum Gasteiger partial charge on any atom is 0.243 e. The van der Waals surface area contributed by atoms with Gasteiger partial charge in [0.05, 0.1) is 10.9 Å². The number of nitrogens with zero attached hydrogens (tertiary/aromatic N) is 4. The molecule has 0 radical (unpaired) electrons. The molecule has 0 amide bonds. The molecule has 1 fully saturated rings. The Balaban J connectivity index is 1.53. The number of aromatic nitrogens is 3. The molecule has 1 saturated heterocycles. The van der Waals surface area contributed by atoms with Crippen molar-refractivity contribution in [3.63, 3.8) is 0 Å². The Bertz CT molecular complexity index is 1120. The van der Waals surface area contributed by atoms with Gasteiger partial charge in [-0.05, 0) is 48.6 Å². The lowest BCUT2D eigenvalue weighted by Gasteiger charge is -2.24. The molecule has 0 N–H and O–H groups in total. The van der Waals surface area contributed by atoms with E-state index in [0.717, 1.165) is 61.1 Å². The van der Waals surface area contributed by atoms with Gasteiger partial charge in [-0.1, -0.05) is 36.8 Å². The Hall–Kier alpha value is -2.25. The van der Waals surface area contributed by atoms with Gasteiger partial charge in [0.2, 0.25) is 10.0 Å². The Morgan fingerprint density at radius 1 is 0.893 bits per heavy atom. The van der Waals surface area contributed by atoms with Crippen molar-refractivity contribution in [1.82, 2.24) is 19.1 Å². The molecule has 146 valence electrons. The first kappa shape index (κ1) is 17.8. The lowest BCUT2D eigenvalue weighted by molar-refractivity contribution is 0.370. The molecular formula is C21H24N4O2S. The monoisotopic (exact) mass is 396 g/mol. The first-order chi connectivity index (χ1) is 13.6. The second-order valence-electron chi connectivity index (χ2n) is 7.72. The van der Waals surface area contributed by atoms with Gasteiger partial charge in [0.1, 0.15) is 5.82 Å². The van der Waals surface area contributed by atoms with Crippen LogP contribution in [0.5, 0.6) is 0 Å². The number of benzene rings is 2. The van der Waals surface area contributed by atoms with E-state index >= 15 is 0 Å². The van der Waals surface area contributed by atoms with Crippen LogP contribution in [0.2, 0.25) is 0 Å². The number of rotatable bonds is 3. The Morgan fingerprint density at radius 2 is 1.75 bits per heavy atom. The molecule has 1 unspecified atom stereocenters. The Kier molecular flexibility index (Phi) is 4.44. The Morgan fingerprint density at radius 3 is 2.64 bits per heavy atom. The molecule has 0 saturated carbocycles. The summed E-state index contributed by atoms with van der Waals surface area (Å²) >= 11 is 0. The third-order valence-electron chi connectivity index (χ3n) is 5.97. The first-order valence-corrected chi connectivity index (χ1v) is 11.5. The molecular weight excluding hydrogens is 372 g/mol. The second kappa shape index (κ2) is 6.97. The largest absolute Gasteiger partial charge is 0.314 e. The molecule has 1 aromatic heterocycles. The smallest absolute Gasteiger partial charge is 0.243 e. The van der Waals surface area contributed by atoms with Crippen molar-refractivity contribution >= 4 is 20.8 Å². The van der Waals surface area contributed by atoms with Gasteiger partial charge in [-0.15, -0.1) is 10.2 Å². The van der Waals surface area contributed by atoms with Crippen molar-refractivity contribution in [3.8, 4) is 0 Å². The van der Waals surface area contributed by atoms with Crippen molar-refractivity contribution in [2.45, 2.75) is 56.0 Å². The van der Waals surface area contributed by atoms with Gasteiger partial charge in [0.15, 0.2) is 5.82 Å². The summed E-state index contributed by atoms with van der Waals surface area (Å²) in [5.74, 6) is 1.82. The quantitative estimate of drug-likeness (QED) is 0.677. The fourth-order valence-electron chi connectivity index (χ4n) is 4.50. The average molecular weight is 397 g/mol. The van der Waals surface area contributed by atoms with Crippen LogP contribution in [0, 0.1) is 0 Å². The number of hydrogen-bond acceptors (Lipinski definition) is 4. The number of fused-ring (bicyclic) bond motifs is 2. The molecule has 2 aliphatic rings. The first-order valence-electron chi connectivity index (χ1n) is 10.1. The van der Waals surface area contributed by atoms with Gasteiger partial charge in [0.25, 0.3) is 0 Å². The highest BCUT2D eigenvalue weighted by atomic mass is 32.2. The Labute approximate surface area is 165 Å². The molecule has 7 heteroatoms. The van der Waals surface area contributed by atoms with E-state index in [2.05, 4.69) is 14.8 Å². The summed E-state index contributed by atoms with van der Waals surface area (Å²) in [5.41, 5.74) is 0. The number of hydrogen-bond donors (Lipinski definition) is 0. The minimum Gasteiger partial charge on any atom is -0.314 e. The highest BCUT2D eigenvalue weighted by Gasteiger charge is 2.39. The summed E-state index contributed by atoms with van der Waals surface area (Å²) in [7, 11) is -3.59. The van der Waals surface area contributed by atoms with Crippen molar-refractivity contribution in [3.05, 3.63) is 54.1 Å². The van der Waals surface area contributed by atoms with Gasteiger partial charge in [-0.3, -0.25) is 0 Å². The topological polar surface area (TPSA) is 68.1 Å². The SMILES string of the molecule is O=S(=O)(c1ccc2ccccc2c1)N1CCCC1c1nnc2n1CCCCC2. The van der Waals surface area contributed by atoms with Crippen LogP contribution in [-0.2, 0) is 23.0 Å². The zero-order valence-electron chi connectivity index (χ0n) is 15.8. The van der Waals surface area contributed by atoms with E-state index in [4.69, 9.17) is 0 Å². The summed E-state index contributed by atoms with van der Waals surface area (Å²) in [6.45, 7) is 1.42. The van der Waals surface area contributed by atoms with E-state index in [1.54, 1.807) is 16.4 Å². The molecule has 0 bridgehead atoms. The minimum absolute atomic E-state index is 0.226. The number of aryl methyl sites for hydroxylation is 1. The van der Waals surface area contributed by atoms with E-state index in [1.165, 1.54) is 6.42 Å². The zero-order valence-corrected chi connectivity index (χ0v) is 16.6. The second-order valence-corrected chi connectivity index (χ2v) is 9.61. The molecule has 6 nitrogen and oxygen atoms in total. The van der Waals surface area contributed by atoms with Gasteiger partial charge >= 0.3 is 0 Å². The van der Waals surface area contributed by atoms with E-state index in [9.17, 15) is 8.42 Å². The molecule has 3 heterocycles. The predicted molar refractivity (Wildman–Crippen MR) is 107 cm³/mol. The van der Waals surface area contributed by atoms with Crippen LogP contribution in [0.25, 0.3) is 10.8 Å². The third kappa shape index (κ3) is 2.93.